The van der Waals surface area contributed by atoms with Gasteiger partial charge in [-0.2, -0.15) is 0 Å². The SMILES string of the molecule is CCOC1(c2nc(CN)cs2)CCOCC1. The molecule has 2 N–H and O–H groups in total. The maximum atomic E-state index is 5.94. The molecule has 1 fully saturated rings. The van der Waals surface area contributed by atoms with Gasteiger partial charge in [0.05, 0.1) is 5.69 Å². The Bertz CT molecular complexity index is 329. The molecule has 4 nitrogen and oxygen atoms in total. The van der Waals surface area contributed by atoms with Crippen molar-refractivity contribution in [1.82, 2.24) is 4.98 Å². The molecule has 1 aliphatic rings. The molecule has 0 amide bonds. The molecule has 0 atom stereocenters. The zero-order valence-electron chi connectivity index (χ0n) is 9.57. The lowest BCUT2D eigenvalue weighted by Gasteiger charge is -2.35. The van der Waals surface area contributed by atoms with Crippen LogP contribution in [0.3, 0.4) is 0 Å². The smallest absolute Gasteiger partial charge is 0.125 e. The lowest BCUT2D eigenvalue weighted by molar-refractivity contribution is -0.112. The van der Waals surface area contributed by atoms with Crippen molar-refractivity contribution in [1.29, 1.82) is 0 Å². The molecule has 1 aromatic rings. The van der Waals surface area contributed by atoms with E-state index in [-0.39, 0.29) is 5.60 Å². The number of aromatic nitrogens is 1. The second-order valence-corrected chi connectivity index (χ2v) is 4.75. The molecule has 2 rings (SSSR count). The van der Waals surface area contributed by atoms with Crippen molar-refractivity contribution >= 4 is 11.3 Å². The zero-order chi connectivity index (χ0) is 11.4. The van der Waals surface area contributed by atoms with E-state index in [1.165, 1.54) is 0 Å². The Kier molecular flexibility index (Phi) is 3.91. The summed E-state index contributed by atoms with van der Waals surface area (Å²) in [6.45, 7) is 4.72. The van der Waals surface area contributed by atoms with Crippen LogP contribution in [0.4, 0.5) is 0 Å². The standard InChI is InChI=1S/C11H18N2O2S/c1-2-15-11(3-5-14-6-4-11)10-13-9(7-12)8-16-10/h8H,2-7,12H2,1H3. The van der Waals surface area contributed by atoms with Gasteiger partial charge in [-0.1, -0.05) is 0 Å². The Morgan fingerprint density at radius 3 is 2.88 bits per heavy atom. The van der Waals surface area contributed by atoms with Crippen LogP contribution < -0.4 is 5.73 Å². The molecule has 0 bridgehead atoms. The summed E-state index contributed by atoms with van der Waals surface area (Å²) in [6, 6.07) is 0. The minimum absolute atomic E-state index is 0.231. The molecule has 0 aliphatic carbocycles. The van der Waals surface area contributed by atoms with Crippen molar-refractivity contribution in [2.45, 2.75) is 31.9 Å². The van der Waals surface area contributed by atoms with Gasteiger partial charge in [0.2, 0.25) is 0 Å². The molecular formula is C11H18N2O2S. The van der Waals surface area contributed by atoms with Gasteiger partial charge in [-0.25, -0.2) is 4.98 Å². The van der Waals surface area contributed by atoms with E-state index in [0.717, 1.165) is 36.8 Å². The Labute approximate surface area is 99.8 Å². The van der Waals surface area contributed by atoms with Crippen LogP contribution in [0.15, 0.2) is 5.38 Å². The summed E-state index contributed by atoms with van der Waals surface area (Å²) in [4.78, 5) is 4.56. The number of hydrogen-bond donors (Lipinski definition) is 1. The number of rotatable bonds is 4. The normalized spacial score (nSPS) is 19.9. The molecule has 2 heterocycles. The summed E-state index contributed by atoms with van der Waals surface area (Å²) >= 11 is 1.65. The van der Waals surface area contributed by atoms with Crippen LogP contribution in [0.5, 0.6) is 0 Å². The summed E-state index contributed by atoms with van der Waals surface area (Å²) < 4.78 is 11.3. The highest BCUT2D eigenvalue weighted by atomic mass is 32.1. The van der Waals surface area contributed by atoms with Gasteiger partial charge >= 0.3 is 0 Å². The third kappa shape index (κ3) is 2.27. The lowest BCUT2D eigenvalue weighted by Crippen LogP contribution is -2.36. The fourth-order valence-electron chi connectivity index (χ4n) is 2.01. The summed E-state index contributed by atoms with van der Waals surface area (Å²) in [5, 5.41) is 3.07. The largest absolute Gasteiger partial charge is 0.381 e. The molecule has 0 radical (unpaired) electrons. The van der Waals surface area contributed by atoms with Crippen molar-refractivity contribution in [3.05, 3.63) is 16.1 Å². The minimum atomic E-state index is -0.231. The van der Waals surface area contributed by atoms with Crippen LogP contribution in [0.25, 0.3) is 0 Å². The highest BCUT2D eigenvalue weighted by Gasteiger charge is 2.37. The maximum Gasteiger partial charge on any atom is 0.125 e. The average Bonchev–Trinajstić information content (AvgIpc) is 2.80. The van der Waals surface area contributed by atoms with Crippen molar-refractivity contribution < 1.29 is 9.47 Å². The van der Waals surface area contributed by atoms with Gasteiger partial charge in [0, 0.05) is 44.6 Å². The van der Waals surface area contributed by atoms with Crippen LogP contribution in [-0.4, -0.2) is 24.8 Å². The van der Waals surface area contributed by atoms with Crippen LogP contribution in [0, 0.1) is 0 Å². The highest BCUT2D eigenvalue weighted by molar-refractivity contribution is 7.09. The van der Waals surface area contributed by atoms with E-state index >= 15 is 0 Å². The van der Waals surface area contributed by atoms with Crippen LogP contribution in [-0.2, 0) is 21.6 Å². The zero-order valence-corrected chi connectivity index (χ0v) is 10.4. The fraction of sp³-hybridized carbons (Fsp3) is 0.727. The monoisotopic (exact) mass is 242 g/mol. The van der Waals surface area contributed by atoms with Crippen LogP contribution in [0.2, 0.25) is 0 Å². The average molecular weight is 242 g/mol. The topological polar surface area (TPSA) is 57.4 Å². The second-order valence-electron chi connectivity index (χ2n) is 3.89. The number of nitrogens with two attached hydrogens (primary N) is 1. The highest BCUT2D eigenvalue weighted by Crippen LogP contribution is 2.37. The molecule has 0 spiro atoms. The summed E-state index contributed by atoms with van der Waals surface area (Å²) in [5.41, 5.74) is 6.31. The molecule has 1 aliphatic heterocycles. The van der Waals surface area contributed by atoms with Gasteiger partial charge in [-0.15, -0.1) is 11.3 Å². The first-order valence-electron chi connectivity index (χ1n) is 5.67. The number of ether oxygens (including phenoxy) is 2. The van der Waals surface area contributed by atoms with Gasteiger partial charge in [0.1, 0.15) is 10.6 Å². The second kappa shape index (κ2) is 5.23. The van der Waals surface area contributed by atoms with Crippen LogP contribution >= 0.6 is 11.3 Å². The first-order chi connectivity index (χ1) is 7.80. The number of thiazole rings is 1. The Morgan fingerprint density at radius 2 is 2.31 bits per heavy atom. The van der Waals surface area contributed by atoms with Crippen molar-refractivity contribution in [3.8, 4) is 0 Å². The molecule has 0 aromatic carbocycles. The predicted octanol–water partition coefficient (Wildman–Crippen LogP) is 1.64. The van der Waals surface area contributed by atoms with E-state index in [1.54, 1.807) is 11.3 Å². The van der Waals surface area contributed by atoms with E-state index in [9.17, 15) is 0 Å². The third-order valence-electron chi connectivity index (χ3n) is 2.87. The molecule has 0 unspecified atom stereocenters. The van der Waals surface area contributed by atoms with Gasteiger partial charge in [-0.05, 0) is 6.92 Å². The third-order valence-corrected chi connectivity index (χ3v) is 3.95. The molecule has 0 saturated carbocycles. The van der Waals surface area contributed by atoms with Gasteiger partial charge in [0.15, 0.2) is 0 Å². The Hall–Kier alpha value is -0.490. The summed E-state index contributed by atoms with van der Waals surface area (Å²) in [7, 11) is 0. The number of nitrogens with zero attached hydrogens (tertiary/aromatic N) is 1. The van der Waals surface area contributed by atoms with E-state index < -0.39 is 0 Å². The minimum Gasteiger partial charge on any atom is -0.381 e. The van der Waals surface area contributed by atoms with Crippen molar-refractivity contribution in [2.75, 3.05) is 19.8 Å². The summed E-state index contributed by atoms with van der Waals surface area (Å²) in [6.07, 6.45) is 1.77. The molecular weight excluding hydrogens is 224 g/mol. The van der Waals surface area contributed by atoms with E-state index in [4.69, 9.17) is 15.2 Å². The summed E-state index contributed by atoms with van der Waals surface area (Å²) in [5.74, 6) is 0. The first-order valence-corrected chi connectivity index (χ1v) is 6.55. The van der Waals surface area contributed by atoms with Gasteiger partial charge in [0.25, 0.3) is 0 Å². The van der Waals surface area contributed by atoms with E-state index in [0.29, 0.717) is 13.2 Å². The molecule has 90 valence electrons. The molecule has 16 heavy (non-hydrogen) atoms. The maximum absolute atomic E-state index is 5.94. The fourth-order valence-corrected chi connectivity index (χ4v) is 3.05. The Morgan fingerprint density at radius 1 is 1.56 bits per heavy atom. The number of hydrogen-bond acceptors (Lipinski definition) is 5. The molecule has 1 aromatic heterocycles. The molecule has 1 saturated heterocycles. The van der Waals surface area contributed by atoms with Gasteiger partial charge < -0.3 is 15.2 Å². The van der Waals surface area contributed by atoms with E-state index in [2.05, 4.69) is 4.98 Å². The quantitative estimate of drug-likeness (QED) is 0.872. The van der Waals surface area contributed by atoms with Crippen molar-refractivity contribution in [2.24, 2.45) is 5.73 Å². The van der Waals surface area contributed by atoms with Crippen molar-refractivity contribution in [3.63, 3.8) is 0 Å². The van der Waals surface area contributed by atoms with Crippen LogP contribution in [0.1, 0.15) is 30.5 Å². The molecule has 5 heteroatoms. The first kappa shape index (κ1) is 12.0. The predicted molar refractivity (Wildman–Crippen MR) is 63.4 cm³/mol. The van der Waals surface area contributed by atoms with E-state index in [1.807, 2.05) is 12.3 Å². The lowest BCUT2D eigenvalue weighted by atomic mass is 9.95. The van der Waals surface area contributed by atoms with Gasteiger partial charge in [-0.3, -0.25) is 0 Å². The Balaban J connectivity index is 2.23.